The van der Waals surface area contributed by atoms with Crippen molar-refractivity contribution in [3.8, 4) is 6.07 Å². The van der Waals surface area contributed by atoms with Crippen molar-refractivity contribution in [2.45, 2.75) is 0 Å². The lowest BCUT2D eigenvalue weighted by molar-refractivity contribution is -0.113. The van der Waals surface area contributed by atoms with Gasteiger partial charge in [-0.05, 0) is 24.3 Å². The summed E-state index contributed by atoms with van der Waals surface area (Å²) in [5.41, 5.74) is 0.967. The number of anilines is 1. The minimum absolute atomic E-state index is 0.0559. The zero-order chi connectivity index (χ0) is 15.2. The van der Waals surface area contributed by atoms with Crippen LogP contribution in [0.1, 0.15) is 5.56 Å². The zero-order valence-corrected chi connectivity index (χ0v) is 12.5. The van der Waals surface area contributed by atoms with E-state index >= 15 is 0 Å². The molecule has 1 N–H and O–H groups in total. The minimum atomic E-state index is -3.18. The number of hydrogen-bond acceptors (Lipinski definition) is 5. The number of carbonyl (C=O) groups is 1. The van der Waals surface area contributed by atoms with Crippen molar-refractivity contribution in [2.24, 2.45) is 0 Å². The minimum Gasteiger partial charge on any atom is -0.325 e. The van der Waals surface area contributed by atoms with Crippen LogP contribution in [0.4, 0.5) is 5.69 Å². The number of benzene rings is 1. The number of nitriles is 1. The summed E-state index contributed by atoms with van der Waals surface area (Å²) in [6.45, 7) is 0. The van der Waals surface area contributed by atoms with E-state index in [2.05, 4.69) is 5.32 Å². The molecular formula is C12H14N2O4S2. The van der Waals surface area contributed by atoms with Crippen LogP contribution in [0.2, 0.25) is 0 Å². The maximum Gasteiger partial charge on any atom is 0.236 e. The van der Waals surface area contributed by atoms with Gasteiger partial charge in [-0.15, -0.1) is 0 Å². The van der Waals surface area contributed by atoms with Crippen molar-refractivity contribution in [1.29, 1.82) is 5.26 Å². The van der Waals surface area contributed by atoms with Gasteiger partial charge in [0.2, 0.25) is 5.91 Å². The normalized spacial score (nSPS) is 12.4. The highest BCUT2D eigenvalue weighted by Crippen LogP contribution is 2.08. The molecule has 0 aliphatic heterocycles. The van der Waals surface area contributed by atoms with E-state index in [1.165, 1.54) is 0 Å². The highest BCUT2D eigenvalue weighted by atomic mass is 32.2. The van der Waals surface area contributed by atoms with Crippen LogP contribution >= 0.6 is 0 Å². The SMILES string of the molecule is CS(=O)(=O)CCS(=O)CC(=O)Nc1ccc(C#N)cc1. The molecular weight excluding hydrogens is 300 g/mol. The third-order valence-electron chi connectivity index (χ3n) is 2.27. The van der Waals surface area contributed by atoms with E-state index in [4.69, 9.17) is 5.26 Å². The van der Waals surface area contributed by atoms with E-state index < -0.39 is 26.5 Å². The number of nitrogens with one attached hydrogen (secondary N) is 1. The molecule has 0 bridgehead atoms. The first-order chi connectivity index (χ1) is 9.30. The van der Waals surface area contributed by atoms with Crippen molar-refractivity contribution in [2.75, 3.05) is 28.8 Å². The van der Waals surface area contributed by atoms with Gasteiger partial charge >= 0.3 is 0 Å². The second-order valence-corrected chi connectivity index (χ2v) is 7.99. The van der Waals surface area contributed by atoms with Gasteiger partial charge in [-0.2, -0.15) is 5.26 Å². The molecule has 1 rings (SSSR count). The summed E-state index contributed by atoms with van der Waals surface area (Å²) < 4.78 is 33.4. The van der Waals surface area contributed by atoms with Gasteiger partial charge in [-0.1, -0.05) is 0 Å². The van der Waals surface area contributed by atoms with Crippen LogP contribution in [0, 0.1) is 11.3 Å². The van der Waals surface area contributed by atoms with Gasteiger partial charge in [0.1, 0.15) is 15.6 Å². The smallest absolute Gasteiger partial charge is 0.236 e. The van der Waals surface area contributed by atoms with Crippen LogP contribution in [-0.2, 0) is 25.4 Å². The number of rotatable bonds is 6. The van der Waals surface area contributed by atoms with Gasteiger partial charge in [0.05, 0.1) is 17.4 Å². The number of carbonyl (C=O) groups excluding carboxylic acids is 1. The average molecular weight is 314 g/mol. The molecule has 108 valence electrons. The number of nitrogens with zero attached hydrogens (tertiary/aromatic N) is 1. The van der Waals surface area contributed by atoms with E-state index in [-0.39, 0.29) is 17.3 Å². The van der Waals surface area contributed by atoms with E-state index in [1.807, 2.05) is 6.07 Å². The summed E-state index contributed by atoms with van der Waals surface area (Å²) in [5, 5.41) is 11.2. The molecule has 6 nitrogen and oxygen atoms in total. The van der Waals surface area contributed by atoms with Crippen molar-refractivity contribution in [1.82, 2.24) is 0 Å². The third kappa shape index (κ3) is 6.45. The van der Waals surface area contributed by atoms with Crippen LogP contribution in [0.3, 0.4) is 0 Å². The Labute approximate surface area is 120 Å². The van der Waals surface area contributed by atoms with Crippen LogP contribution < -0.4 is 5.32 Å². The molecule has 1 amide bonds. The van der Waals surface area contributed by atoms with Crippen LogP contribution in [0.5, 0.6) is 0 Å². The van der Waals surface area contributed by atoms with Gasteiger partial charge < -0.3 is 5.32 Å². The summed E-state index contributed by atoms with van der Waals surface area (Å²) in [5.74, 6) is -0.972. The molecule has 0 aliphatic rings. The van der Waals surface area contributed by atoms with Crippen molar-refractivity contribution < 1.29 is 17.4 Å². The van der Waals surface area contributed by atoms with Gasteiger partial charge in [-0.25, -0.2) is 8.42 Å². The van der Waals surface area contributed by atoms with E-state index in [0.29, 0.717) is 11.3 Å². The van der Waals surface area contributed by atoms with Crippen LogP contribution in [0.15, 0.2) is 24.3 Å². The molecule has 0 saturated carbocycles. The standard InChI is InChI=1S/C12H14N2O4S2/c1-20(17,18)7-6-19(16)9-12(15)14-11-4-2-10(8-13)3-5-11/h2-5H,6-7,9H2,1H3,(H,14,15). The highest BCUT2D eigenvalue weighted by molar-refractivity contribution is 7.92. The summed E-state index contributed by atoms with van der Waals surface area (Å²) in [7, 11) is -4.70. The highest BCUT2D eigenvalue weighted by Gasteiger charge is 2.11. The molecule has 1 atom stereocenters. The maximum absolute atomic E-state index is 11.6. The van der Waals surface area contributed by atoms with Gasteiger partial charge in [0, 0.05) is 28.5 Å². The second kappa shape index (κ2) is 7.17. The molecule has 20 heavy (non-hydrogen) atoms. The Morgan fingerprint density at radius 2 is 1.95 bits per heavy atom. The Balaban J connectivity index is 2.47. The van der Waals surface area contributed by atoms with Crippen LogP contribution in [0.25, 0.3) is 0 Å². The largest absolute Gasteiger partial charge is 0.325 e. The van der Waals surface area contributed by atoms with Crippen molar-refractivity contribution in [3.05, 3.63) is 29.8 Å². The van der Waals surface area contributed by atoms with E-state index in [1.54, 1.807) is 24.3 Å². The van der Waals surface area contributed by atoms with Gasteiger partial charge in [0.25, 0.3) is 0 Å². The lowest BCUT2D eigenvalue weighted by Crippen LogP contribution is -2.23. The Bertz CT molecular complexity index is 645. The first kappa shape index (κ1) is 16.3. The Kier molecular flexibility index (Phi) is 5.85. The Morgan fingerprint density at radius 3 is 2.45 bits per heavy atom. The molecule has 0 radical (unpaired) electrons. The van der Waals surface area contributed by atoms with E-state index in [0.717, 1.165) is 6.26 Å². The van der Waals surface area contributed by atoms with E-state index in [9.17, 15) is 17.4 Å². The Morgan fingerprint density at radius 1 is 1.35 bits per heavy atom. The number of sulfone groups is 1. The second-order valence-electron chi connectivity index (χ2n) is 4.16. The lowest BCUT2D eigenvalue weighted by Gasteiger charge is -2.05. The fraction of sp³-hybridized carbons (Fsp3) is 0.333. The summed E-state index contributed by atoms with van der Waals surface area (Å²) in [6, 6.07) is 8.19. The monoisotopic (exact) mass is 314 g/mol. The third-order valence-corrected chi connectivity index (χ3v) is 4.72. The molecule has 0 spiro atoms. The molecule has 1 aromatic carbocycles. The Hall–Kier alpha value is -1.72. The molecule has 0 aliphatic carbocycles. The molecule has 0 heterocycles. The van der Waals surface area contributed by atoms with Crippen molar-refractivity contribution in [3.63, 3.8) is 0 Å². The summed E-state index contributed by atoms with van der Waals surface area (Å²) in [4.78, 5) is 11.6. The summed E-state index contributed by atoms with van der Waals surface area (Å²) >= 11 is 0. The maximum atomic E-state index is 11.6. The molecule has 0 aromatic heterocycles. The van der Waals surface area contributed by atoms with Crippen molar-refractivity contribution >= 4 is 32.2 Å². The lowest BCUT2D eigenvalue weighted by atomic mass is 10.2. The fourth-order valence-electron chi connectivity index (χ4n) is 1.29. The molecule has 0 fully saturated rings. The first-order valence-electron chi connectivity index (χ1n) is 5.63. The zero-order valence-electron chi connectivity index (χ0n) is 10.8. The summed E-state index contributed by atoms with van der Waals surface area (Å²) in [6.07, 6.45) is 1.06. The van der Waals surface area contributed by atoms with Gasteiger partial charge in [-0.3, -0.25) is 9.00 Å². The molecule has 0 saturated heterocycles. The fourth-order valence-corrected chi connectivity index (χ4v) is 3.75. The number of amides is 1. The predicted octanol–water partition coefficient (Wildman–Crippen LogP) is 0.290. The average Bonchev–Trinajstić information content (AvgIpc) is 2.36. The quantitative estimate of drug-likeness (QED) is 0.812. The number of hydrogen-bond donors (Lipinski definition) is 1. The first-order valence-corrected chi connectivity index (χ1v) is 9.18. The van der Waals surface area contributed by atoms with Gasteiger partial charge in [0.15, 0.2) is 0 Å². The molecule has 1 aromatic rings. The molecule has 1 unspecified atom stereocenters. The topological polar surface area (TPSA) is 104 Å². The molecule has 8 heteroatoms. The predicted molar refractivity (Wildman–Crippen MR) is 77.4 cm³/mol. The van der Waals surface area contributed by atoms with Crippen LogP contribution in [-0.4, -0.2) is 42.0 Å².